The fourth-order valence-electron chi connectivity index (χ4n) is 2.52. The number of piperazine rings is 1. The van der Waals surface area contributed by atoms with Crippen LogP contribution in [0.3, 0.4) is 0 Å². The lowest BCUT2D eigenvalue weighted by Crippen LogP contribution is -2.52. The van der Waals surface area contributed by atoms with E-state index >= 15 is 0 Å². The minimum atomic E-state index is -0.468. The summed E-state index contributed by atoms with van der Waals surface area (Å²) < 4.78 is 5.35. The Morgan fingerprint density at radius 3 is 2.00 bits per heavy atom. The lowest BCUT2D eigenvalue weighted by atomic mass is 10.0. The van der Waals surface area contributed by atoms with Crippen LogP contribution >= 0.6 is 0 Å². The zero-order valence-corrected chi connectivity index (χ0v) is 13.0. The molecule has 5 heteroatoms. The van der Waals surface area contributed by atoms with Crippen LogP contribution in [-0.4, -0.2) is 53.6 Å². The Labute approximate surface area is 121 Å². The Bertz CT molecular complexity index is 377. The fourth-order valence-corrected chi connectivity index (χ4v) is 2.52. The first kappa shape index (κ1) is 15.1. The highest BCUT2D eigenvalue weighted by Crippen LogP contribution is 2.37. The molecule has 0 bridgehead atoms. The molecular formula is C15H26N2O3. The fraction of sp³-hybridized carbons (Fsp3) is 0.867. The molecule has 0 aromatic heterocycles. The van der Waals surface area contributed by atoms with E-state index in [0.717, 1.165) is 0 Å². The van der Waals surface area contributed by atoms with E-state index in [1.165, 1.54) is 12.8 Å². The molecule has 5 nitrogen and oxygen atoms in total. The number of ether oxygens (including phenoxy) is 1. The van der Waals surface area contributed by atoms with Gasteiger partial charge in [-0.05, 0) is 39.5 Å². The van der Waals surface area contributed by atoms with Gasteiger partial charge < -0.3 is 14.5 Å². The molecule has 1 saturated carbocycles. The van der Waals surface area contributed by atoms with Gasteiger partial charge in [-0.3, -0.25) is 4.79 Å². The highest BCUT2D eigenvalue weighted by molar-refractivity contribution is 5.79. The van der Waals surface area contributed by atoms with Crippen LogP contribution in [0.5, 0.6) is 0 Å². The van der Waals surface area contributed by atoms with Gasteiger partial charge in [-0.1, -0.05) is 6.92 Å². The van der Waals surface area contributed by atoms with Crippen LogP contribution in [-0.2, 0) is 9.53 Å². The van der Waals surface area contributed by atoms with Crippen molar-refractivity contribution in [3.05, 3.63) is 0 Å². The predicted octanol–water partition coefficient (Wildman–Crippen LogP) is 2.11. The van der Waals surface area contributed by atoms with Crippen LogP contribution in [0.15, 0.2) is 0 Å². The summed E-state index contributed by atoms with van der Waals surface area (Å²) in [5.41, 5.74) is -0.468. The molecule has 1 unspecified atom stereocenters. The molecule has 1 saturated heterocycles. The highest BCUT2D eigenvalue weighted by Gasteiger charge is 2.36. The number of carbonyl (C=O) groups is 2. The Hall–Kier alpha value is -1.26. The summed E-state index contributed by atoms with van der Waals surface area (Å²) in [7, 11) is 0. The zero-order chi connectivity index (χ0) is 14.9. The number of hydrogen-bond acceptors (Lipinski definition) is 3. The molecule has 114 valence electrons. The Balaban J connectivity index is 1.80. The van der Waals surface area contributed by atoms with Crippen LogP contribution in [0.4, 0.5) is 4.79 Å². The van der Waals surface area contributed by atoms with Crippen molar-refractivity contribution >= 4 is 12.0 Å². The van der Waals surface area contributed by atoms with Crippen molar-refractivity contribution in [1.29, 1.82) is 0 Å². The first-order valence-electron chi connectivity index (χ1n) is 7.54. The second-order valence-corrected chi connectivity index (χ2v) is 6.92. The molecule has 2 rings (SSSR count). The summed E-state index contributed by atoms with van der Waals surface area (Å²) >= 11 is 0. The number of amides is 2. The standard InChI is InChI=1S/C15H26N2O3/c1-11(12-5-6-12)13(18)16-7-9-17(10-8-16)14(19)20-15(2,3)4/h11-12H,5-10H2,1-4H3. The summed E-state index contributed by atoms with van der Waals surface area (Å²) in [5, 5.41) is 0. The molecule has 1 atom stereocenters. The van der Waals surface area contributed by atoms with Crippen LogP contribution in [0.25, 0.3) is 0 Å². The molecule has 0 aromatic rings. The maximum absolute atomic E-state index is 12.3. The largest absolute Gasteiger partial charge is 0.444 e. The quantitative estimate of drug-likeness (QED) is 0.779. The van der Waals surface area contributed by atoms with Gasteiger partial charge in [-0.25, -0.2) is 4.79 Å². The third kappa shape index (κ3) is 3.87. The number of hydrogen-bond donors (Lipinski definition) is 0. The highest BCUT2D eigenvalue weighted by atomic mass is 16.6. The van der Waals surface area contributed by atoms with Gasteiger partial charge >= 0.3 is 6.09 Å². The van der Waals surface area contributed by atoms with Crippen molar-refractivity contribution < 1.29 is 14.3 Å². The van der Waals surface area contributed by atoms with Gasteiger partial charge in [0.05, 0.1) is 0 Å². The predicted molar refractivity (Wildman–Crippen MR) is 76.3 cm³/mol. The van der Waals surface area contributed by atoms with Gasteiger partial charge in [0.1, 0.15) is 5.60 Å². The van der Waals surface area contributed by atoms with E-state index in [4.69, 9.17) is 4.74 Å². The van der Waals surface area contributed by atoms with E-state index in [9.17, 15) is 9.59 Å². The van der Waals surface area contributed by atoms with Crippen molar-refractivity contribution in [3.8, 4) is 0 Å². The topological polar surface area (TPSA) is 49.9 Å². The molecule has 20 heavy (non-hydrogen) atoms. The van der Waals surface area contributed by atoms with Gasteiger partial charge in [0, 0.05) is 32.1 Å². The van der Waals surface area contributed by atoms with E-state index < -0.39 is 5.60 Å². The van der Waals surface area contributed by atoms with Crippen molar-refractivity contribution in [2.24, 2.45) is 11.8 Å². The number of carbonyl (C=O) groups excluding carboxylic acids is 2. The van der Waals surface area contributed by atoms with E-state index in [1.807, 2.05) is 32.6 Å². The average molecular weight is 282 g/mol. The molecule has 0 radical (unpaired) electrons. The second kappa shape index (κ2) is 5.62. The van der Waals surface area contributed by atoms with Crippen molar-refractivity contribution in [2.75, 3.05) is 26.2 Å². The van der Waals surface area contributed by atoms with Crippen molar-refractivity contribution in [1.82, 2.24) is 9.80 Å². The van der Waals surface area contributed by atoms with Gasteiger partial charge in [0.2, 0.25) is 5.91 Å². The number of nitrogens with zero attached hydrogens (tertiary/aromatic N) is 2. The van der Waals surface area contributed by atoms with E-state index in [1.54, 1.807) is 4.90 Å². The Kier molecular flexibility index (Phi) is 4.25. The monoisotopic (exact) mass is 282 g/mol. The minimum absolute atomic E-state index is 0.142. The van der Waals surface area contributed by atoms with E-state index in [2.05, 4.69) is 0 Å². The summed E-state index contributed by atoms with van der Waals surface area (Å²) in [4.78, 5) is 27.8. The molecule has 0 N–H and O–H groups in total. The first-order valence-corrected chi connectivity index (χ1v) is 7.54. The maximum atomic E-state index is 12.3. The lowest BCUT2D eigenvalue weighted by Gasteiger charge is -2.36. The smallest absolute Gasteiger partial charge is 0.410 e. The summed E-state index contributed by atoms with van der Waals surface area (Å²) in [6.45, 7) is 9.99. The van der Waals surface area contributed by atoms with Gasteiger partial charge in [-0.15, -0.1) is 0 Å². The molecule has 0 spiro atoms. The van der Waals surface area contributed by atoms with Gasteiger partial charge in [0.15, 0.2) is 0 Å². The van der Waals surface area contributed by atoms with Crippen molar-refractivity contribution in [2.45, 2.75) is 46.1 Å². The molecule has 1 heterocycles. The first-order chi connectivity index (χ1) is 9.28. The van der Waals surface area contributed by atoms with Crippen LogP contribution in [0.1, 0.15) is 40.5 Å². The molecular weight excluding hydrogens is 256 g/mol. The van der Waals surface area contributed by atoms with E-state index in [-0.39, 0.29) is 17.9 Å². The summed E-state index contributed by atoms with van der Waals surface area (Å²) in [6, 6.07) is 0. The lowest BCUT2D eigenvalue weighted by molar-refractivity contribution is -0.137. The second-order valence-electron chi connectivity index (χ2n) is 6.92. The summed E-state index contributed by atoms with van der Waals surface area (Å²) in [5.74, 6) is 0.978. The molecule has 1 aliphatic heterocycles. The Morgan fingerprint density at radius 2 is 1.55 bits per heavy atom. The van der Waals surface area contributed by atoms with E-state index in [0.29, 0.717) is 32.1 Å². The van der Waals surface area contributed by atoms with Gasteiger partial charge in [0.25, 0.3) is 0 Å². The minimum Gasteiger partial charge on any atom is -0.444 e. The van der Waals surface area contributed by atoms with Crippen LogP contribution < -0.4 is 0 Å². The normalized spacial score (nSPS) is 21.6. The molecule has 1 aliphatic carbocycles. The van der Waals surface area contributed by atoms with Crippen LogP contribution in [0, 0.1) is 11.8 Å². The maximum Gasteiger partial charge on any atom is 0.410 e. The Morgan fingerprint density at radius 1 is 1.05 bits per heavy atom. The molecule has 2 aliphatic rings. The SMILES string of the molecule is CC(C(=O)N1CCN(C(=O)OC(C)(C)C)CC1)C1CC1. The van der Waals surface area contributed by atoms with Crippen molar-refractivity contribution in [3.63, 3.8) is 0 Å². The summed E-state index contributed by atoms with van der Waals surface area (Å²) in [6.07, 6.45) is 2.09. The third-order valence-corrected chi connectivity index (χ3v) is 3.96. The molecule has 2 fully saturated rings. The van der Waals surface area contributed by atoms with Crippen LogP contribution in [0.2, 0.25) is 0 Å². The third-order valence-electron chi connectivity index (χ3n) is 3.96. The average Bonchev–Trinajstić information content (AvgIpc) is 3.19. The molecule has 0 aromatic carbocycles. The number of rotatable bonds is 2. The van der Waals surface area contributed by atoms with Gasteiger partial charge in [-0.2, -0.15) is 0 Å². The molecule has 2 amide bonds. The zero-order valence-electron chi connectivity index (χ0n) is 13.0.